The summed E-state index contributed by atoms with van der Waals surface area (Å²) >= 11 is 0. The first-order valence-electron chi connectivity index (χ1n) is 9.30. The largest absolute Gasteiger partial charge is 0.368 e. The lowest BCUT2D eigenvalue weighted by Crippen LogP contribution is -2.49. The number of carbonyl (C=O) groups excluding carboxylic acids is 2. The van der Waals surface area contributed by atoms with Crippen LogP contribution in [0.25, 0.3) is 10.9 Å². The van der Waals surface area contributed by atoms with Crippen molar-refractivity contribution in [1.29, 1.82) is 0 Å². The molecule has 0 saturated carbocycles. The average Bonchev–Trinajstić information content (AvgIpc) is 3.11. The van der Waals surface area contributed by atoms with Crippen LogP contribution in [0.5, 0.6) is 0 Å². The lowest BCUT2D eigenvalue weighted by molar-refractivity contribution is -0.130. The molecule has 138 valence electrons. The van der Waals surface area contributed by atoms with E-state index in [0.29, 0.717) is 19.5 Å². The molecule has 2 heterocycles. The number of hydrogen-bond donors (Lipinski definition) is 1. The summed E-state index contributed by atoms with van der Waals surface area (Å²) in [4.78, 5) is 31.7. The van der Waals surface area contributed by atoms with Crippen molar-refractivity contribution in [2.24, 2.45) is 0 Å². The van der Waals surface area contributed by atoms with Gasteiger partial charge in [0.2, 0.25) is 5.91 Å². The van der Waals surface area contributed by atoms with Gasteiger partial charge in [-0.05, 0) is 30.7 Å². The third-order valence-electron chi connectivity index (χ3n) is 5.27. The van der Waals surface area contributed by atoms with Gasteiger partial charge < -0.3 is 14.8 Å². The van der Waals surface area contributed by atoms with Crippen LogP contribution in [-0.2, 0) is 11.2 Å². The highest BCUT2D eigenvalue weighted by Gasteiger charge is 2.22. The zero-order valence-corrected chi connectivity index (χ0v) is 15.4. The lowest BCUT2D eigenvalue weighted by Gasteiger charge is -2.36. The Balaban J connectivity index is 1.39. The van der Waals surface area contributed by atoms with Gasteiger partial charge in [-0.2, -0.15) is 0 Å². The normalized spacial score (nSPS) is 14.6. The molecule has 1 aliphatic rings. The molecule has 0 radical (unpaired) electrons. The number of ketones is 1. The number of para-hydroxylation sites is 1. The van der Waals surface area contributed by atoms with Gasteiger partial charge in [-0.25, -0.2) is 0 Å². The number of benzene rings is 2. The fourth-order valence-electron chi connectivity index (χ4n) is 3.69. The van der Waals surface area contributed by atoms with Gasteiger partial charge in [0.15, 0.2) is 5.78 Å². The summed E-state index contributed by atoms with van der Waals surface area (Å²) in [6.07, 6.45) is 2.36. The van der Waals surface area contributed by atoms with E-state index in [9.17, 15) is 9.59 Å². The second-order valence-corrected chi connectivity index (χ2v) is 7.01. The number of rotatable bonds is 4. The predicted octanol–water partition coefficient (Wildman–Crippen LogP) is 3.26. The van der Waals surface area contributed by atoms with Crippen molar-refractivity contribution in [2.45, 2.75) is 13.3 Å². The number of nitrogens with zero attached hydrogens (tertiary/aromatic N) is 2. The second kappa shape index (κ2) is 7.27. The number of piperazine rings is 1. The van der Waals surface area contributed by atoms with Crippen LogP contribution in [0.15, 0.2) is 54.7 Å². The number of fused-ring (bicyclic) bond motifs is 1. The number of H-pyrrole nitrogens is 1. The highest BCUT2D eigenvalue weighted by atomic mass is 16.2. The first-order valence-corrected chi connectivity index (χ1v) is 9.30. The fraction of sp³-hybridized carbons (Fsp3) is 0.273. The van der Waals surface area contributed by atoms with Crippen LogP contribution in [0.4, 0.5) is 5.69 Å². The average molecular weight is 361 g/mol. The maximum Gasteiger partial charge on any atom is 0.227 e. The number of hydrogen-bond acceptors (Lipinski definition) is 3. The van der Waals surface area contributed by atoms with Crippen LogP contribution < -0.4 is 4.90 Å². The van der Waals surface area contributed by atoms with Crippen LogP contribution in [-0.4, -0.2) is 47.8 Å². The molecule has 1 fully saturated rings. The minimum absolute atomic E-state index is 0.0735. The van der Waals surface area contributed by atoms with Gasteiger partial charge in [-0.1, -0.05) is 30.3 Å². The first-order chi connectivity index (χ1) is 13.1. The topological polar surface area (TPSA) is 56.4 Å². The van der Waals surface area contributed by atoms with Crippen molar-refractivity contribution >= 4 is 28.3 Å². The Morgan fingerprint density at radius 2 is 1.78 bits per heavy atom. The van der Waals surface area contributed by atoms with E-state index in [-0.39, 0.29) is 11.7 Å². The van der Waals surface area contributed by atoms with E-state index in [1.165, 1.54) is 0 Å². The van der Waals surface area contributed by atoms with E-state index in [1.54, 1.807) is 6.92 Å². The van der Waals surface area contributed by atoms with E-state index < -0.39 is 0 Å². The Kier molecular flexibility index (Phi) is 4.67. The molecule has 0 spiro atoms. The molecule has 1 aromatic heterocycles. The monoisotopic (exact) mass is 361 g/mol. The SMILES string of the molecule is CC(=O)c1cccc(N2CCN(C(=O)Cc3c[nH]c4ccccc34)CC2)c1. The van der Waals surface area contributed by atoms with Crippen LogP contribution in [0.2, 0.25) is 0 Å². The molecule has 0 bridgehead atoms. The first kappa shape index (κ1) is 17.3. The zero-order valence-electron chi connectivity index (χ0n) is 15.4. The van der Waals surface area contributed by atoms with Crippen molar-refractivity contribution in [2.75, 3.05) is 31.1 Å². The zero-order chi connectivity index (χ0) is 18.8. The molecule has 5 heteroatoms. The standard InChI is InChI=1S/C22H23N3O2/c1-16(26)17-5-4-6-19(13-17)24-9-11-25(12-10-24)22(27)14-18-15-23-21-8-3-2-7-20(18)21/h2-8,13,15,23H,9-12,14H2,1H3. The quantitative estimate of drug-likeness (QED) is 0.726. The van der Waals surface area contributed by atoms with Crippen LogP contribution in [0, 0.1) is 0 Å². The molecule has 1 saturated heterocycles. The molecule has 1 aliphatic heterocycles. The summed E-state index contributed by atoms with van der Waals surface area (Å²) in [5.74, 6) is 0.237. The minimum atomic E-state index is 0.0735. The smallest absolute Gasteiger partial charge is 0.227 e. The minimum Gasteiger partial charge on any atom is -0.368 e. The van der Waals surface area contributed by atoms with Crippen LogP contribution in [0.1, 0.15) is 22.8 Å². The Hall–Kier alpha value is -3.08. The summed E-state index contributed by atoms with van der Waals surface area (Å²) in [6.45, 7) is 4.54. The maximum absolute atomic E-state index is 12.7. The number of anilines is 1. The van der Waals surface area contributed by atoms with E-state index >= 15 is 0 Å². The van der Waals surface area contributed by atoms with Crippen molar-refractivity contribution in [3.63, 3.8) is 0 Å². The number of aromatic amines is 1. The molecule has 0 aliphatic carbocycles. The van der Waals surface area contributed by atoms with Gasteiger partial charge in [0.25, 0.3) is 0 Å². The summed E-state index contributed by atoms with van der Waals surface area (Å²) in [6, 6.07) is 15.8. The van der Waals surface area contributed by atoms with E-state index in [4.69, 9.17) is 0 Å². The highest BCUT2D eigenvalue weighted by molar-refractivity contribution is 5.95. The summed E-state index contributed by atoms with van der Waals surface area (Å²) < 4.78 is 0. The molecule has 4 rings (SSSR count). The summed E-state index contributed by atoms with van der Waals surface area (Å²) in [7, 11) is 0. The van der Waals surface area contributed by atoms with E-state index in [1.807, 2.05) is 59.6 Å². The van der Waals surface area contributed by atoms with Crippen molar-refractivity contribution in [1.82, 2.24) is 9.88 Å². The van der Waals surface area contributed by atoms with Crippen molar-refractivity contribution in [3.05, 3.63) is 65.9 Å². The number of amides is 1. The Labute approximate surface area is 158 Å². The molecular weight excluding hydrogens is 338 g/mol. The molecule has 2 aromatic carbocycles. The van der Waals surface area contributed by atoms with Gasteiger partial charge >= 0.3 is 0 Å². The third kappa shape index (κ3) is 3.58. The third-order valence-corrected chi connectivity index (χ3v) is 5.27. The van der Waals surface area contributed by atoms with E-state index in [0.717, 1.165) is 40.8 Å². The molecule has 1 N–H and O–H groups in total. The molecule has 0 unspecified atom stereocenters. The van der Waals surface area contributed by atoms with Gasteiger partial charge in [-0.3, -0.25) is 9.59 Å². The van der Waals surface area contributed by atoms with E-state index in [2.05, 4.69) is 9.88 Å². The number of Topliss-reactive ketones (excluding diaryl/α,β-unsaturated/α-hetero) is 1. The maximum atomic E-state index is 12.7. The molecule has 1 amide bonds. The Morgan fingerprint density at radius 1 is 1.00 bits per heavy atom. The lowest BCUT2D eigenvalue weighted by atomic mass is 10.1. The predicted molar refractivity (Wildman–Crippen MR) is 107 cm³/mol. The second-order valence-electron chi connectivity index (χ2n) is 7.01. The summed E-state index contributed by atoms with van der Waals surface area (Å²) in [5.41, 5.74) is 3.89. The van der Waals surface area contributed by atoms with Gasteiger partial charge in [0, 0.05) is 54.5 Å². The highest BCUT2D eigenvalue weighted by Crippen LogP contribution is 2.21. The van der Waals surface area contributed by atoms with Crippen LogP contribution >= 0.6 is 0 Å². The molecule has 27 heavy (non-hydrogen) atoms. The van der Waals surface area contributed by atoms with Crippen molar-refractivity contribution < 1.29 is 9.59 Å². The molecule has 5 nitrogen and oxygen atoms in total. The molecule has 0 atom stereocenters. The van der Waals surface area contributed by atoms with Gasteiger partial charge in [0.05, 0.1) is 6.42 Å². The Bertz CT molecular complexity index is 984. The summed E-state index contributed by atoms with van der Waals surface area (Å²) in [5, 5.41) is 1.12. The van der Waals surface area contributed by atoms with Gasteiger partial charge in [-0.15, -0.1) is 0 Å². The molecule has 3 aromatic rings. The van der Waals surface area contributed by atoms with Gasteiger partial charge in [0.1, 0.15) is 0 Å². The Morgan fingerprint density at radius 3 is 2.56 bits per heavy atom. The number of nitrogens with one attached hydrogen (secondary N) is 1. The number of carbonyl (C=O) groups is 2. The van der Waals surface area contributed by atoms with Crippen LogP contribution in [0.3, 0.4) is 0 Å². The molecular formula is C22H23N3O2. The number of aromatic nitrogens is 1. The fourth-order valence-corrected chi connectivity index (χ4v) is 3.69. The van der Waals surface area contributed by atoms with Crippen molar-refractivity contribution in [3.8, 4) is 0 Å².